The van der Waals surface area contributed by atoms with Crippen LogP contribution >= 0.6 is 0 Å². The zero-order chi connectivity index (χ0) is 23.5. The van der Waals surface area contributed by atoms with Crippen LogP contribution in [-0.4, -0.2) is 48.0 Å². The number of hydrogen-bond acceptors (Lipinski definition) is 6. The molecule has 174 valence electrons. The highest BCUT2D eigenvalue weighted by Crippen LogP contribution is 2.24. The van der Waals surface area contributed by atoms with Gasteiger partial charge in [0.05, 0.1) is 19.3 Å². The first-order valence-corrected chi connectivity index (χ1v) is 10.8. The molecule has 7 heteroatoms. The van der Waals surface area contributed by atoms with Gasteiger partial charge in [0.2, 0.25) is 5.91 Å². The van der Waals surface area contributed by atoms with E-state index in [-0.39, 0.29) is 31.3 Å². The number of methoxy groups -OCH3 is 1. The lowest BCUT2D eigenvalue weighted by Crippen LogP contribution is -2.33. The van der Waals surface area contributed by atoms with Crippen molar-refractivity contribution in [1.29, 1.82) is 0 Å². The number of carbonyl (C=O) groups is 2. The van der Waals surface area contributed by atoms with Crippen molar-refractivity contribution in [2.24, 2.45) is 5.92 Å². The highest BCUT2D eigenvalue weighted by molar-refractivity contribution is 6.02. The highest BCUT2D eigenvalue weighted by atomic mass is 16.7. The SMILES string of the molecule is COc1ccccc1C(=O)[C@H](O)[C@H](CCOCOCc1ccccc1)CC(=O)n1cccc1. The topological polar surface area (TPSA) is 87.0 Å². The summed E-state index contributed by atoms with van der Waals surface area (Å²) in [6.07, 6.45) is 2.20. The van der Waals surface area contributed by atoms with Gasteiger partial charge in [-0.15, -0.1) is 0 Å². The minimum Gasteiger partial charge on any atom is -0.496 e. The molecule has 0 fully saturated rings. The van der Waals surface area contributed by atoms with Gasteiger partial charge in [0.1, 0.15) is 18.6 Å². The Bertz CT molecular complexity index is 1000. The van der Waals surface area contributed by atoms with E-state index in [1.807, 2.05) is 30.3 Å². The smallest absolute Gasteiger partial charge is 0.230 e. The fourth-order valence-corrected chi connectivity index (χ4v) is 3.51. The number of nitrogens with zero attached hydrogens (tertiary/aromatic N) is 1. The second-order valence-corrected chi connectivity index (χ2v) is 7.61. The molecule has 3 rings (SSSR count). The number of aromatic nitrogens is 1. The van der Waals surface area contributed by atoms with Gasteiger partial charge in [-0.05, 0) is 36.2 Å². The highest BCUT2D eigenvalue weighted by Gasteiger charge is 2.30. The molecule has 0 amide bonds. The summed E-state index contributed by atoms with van der Waals surface area (Å²) in [6, 6.07) is 19.9. The van der Waals surface area contributed by atoms with Gasteiger partial charge in [0.15, 0.2) is 5.78 Å². The number of rotatable bonds is 13. The first-order chi connectivity index (χ1) is 16.1. The summed E-state index contributed by atoms with van der Waals surface area (Å²) in [5, 5.41) is 10.9. The standard InChI is InChI=1S/C26H29NO6/c1-31-23-12-6-5-11-22(23)26(30)25(29)21(17-24(28)27-14-7-8-15-27)13-16-32-19-33-18-20-9-3-2-4-10-20/h2-12,14-15,21,25,29H,13,16-19H2,1H3/t21-,25-/m1/s1. The number of aliphatic hydroxyl groups excluding tert-OH is 1. The first kappa shape index (κ1) is 24.4. The van der Waals surface area contributed by atoms with Gasteiger partial charge in [0.25, 0.3) is 0 Å². The molecule has 7 nitrogen and oxygen atoms in total. The summed E-state index contributed by atoms with van der Waals surface area (Å²) in [4.78, 5) is 25.7. The molecule has 0 bridgehead atoms. The van der Waals surface area contributed by atoms with E-state index in [0.29, 0.717) is 18.8 Å². The molecule has 3 aromatic rings. The number of Topliss-reactive ketones (excluding diaryl/α,β-unsaturated/α-hetero) is 1. The Morgan fingerprint density at radius 3 is 2.36 bits per heavy atom. The zero-order valence-corrected chi connectivity index (χ0v) is 18.6. The maximum atomic E-state index is 13.0. The van der Waals surface area contributed by atoms with Crippen molar-refractivity contribution in [1.82, 2.24) is 4.57 Å². The number of benzene rings is 2. The van der Waals surface area contributed by atoms with Crippen molar-refractivity contribution >= 4 is 11.7 Å². The summed E-state index contributed by atoms with van der Waals surface area (Å²) in [7, 11) is 1.47. The molecular weight excluding hydrogens is 422 g/mol. The van der Waals surface area contributed by atoms with E-state index in [1.54, 1.807) is 48.8 Å². The lowest BCUT2D eigenvalue weighted by molar-refractivity contribution is -0.0670. The molecule has 0 saturated heterocycles. The Hall–Kier alpha value is -3.26. The van der Waals surface area contributed by atoms with Crippen molar-refractivity contribution in [3.63, 3.8) is 0 Å². The average Bonchev–Trinajstić information content (AvgIpc) is 3.40. The van der Waals surface area contributed by atoms with Crippen LogP contribution in [-0.2, 0) is 16.1 Å². The maximum Gasteiger partial charge on any atom is 0.230 e. The van der Waals surface area contributed by atoms with Crippen molar-refractivity contribution < 1.29 is 28.9 Å². The molecule has 2 atom stereocenters. The number of ether oxygens (including phenoxy) is 3. The number of para-hydroxylation sites is 1. The predicted octanol–water partition coefficient (Wildman–Crippen LogP) is 3.97. The van der Waals surface area contributed by atoms with Crippen LogP contribution in [0.2, 0.25) is 0 Å². The van der Waals surface area contributed by atoms with Gasteiger partial charge >= 0.3 is 0 Å². The largest absolute Gasteiger partial charge is 0.496 e. The minimum absolute atomic E-state index is 0.00896. The summed E-state index contributed by atoms with van der Waals surface area (Å²) < 4.78 is 17.8. The van der Waals surface area contributed by atoms with Crippen LogP contribution in [0.15, 0.2) is 79.1 Å². The normalized spacial score (nSPS) is 12.8. The zero-order valence-electron chi connectivity index (χ0n) is 18.6. The summed E-state index contributed by atoms with van der Waals surface area (Å²) in [6.45, 7) is 0.726. The van der Waals surface area contributed by atoms with Crippen LogP contribution in [0, 0.1) is 5.92 Å². The molecule has 0 saturated carbocycles. The molecule has 0 aliphatic heterocycles. The second kappa shape index (κ2) is 12.7. The number of hydrogen-bond donors (Lipinski definition) is 1. The Kier molecular flexibility index (Phi) is 9.38. The summed E-state index contributed by atoms with van der Waals surface area (Å²) in [5.41, 5.74) is 1.31. The first-order valence-electron chi connectivity index (χ1n) is 10.8. The monoisotopic (exact) mass is 451 g/mol. The lowest BCUT2D eigenvalue weighted by atomic mass is 9.89. The minimum atomic E-state index is -1.38. The quantitative estimate of drug-likeness (QED) is 0.240. The molecule has 1 aromatic heterocycles. The predicted molar refractivity (Wildman–Crippen MR) is 123 cm³/mol. The molecule has 0 unspecified atom stereocenters. The van der Waals surface area contributed by atoms with E-state index < -0.39 is 17.8 Å². The lowest BCUT2D eigenvalue weighted by Gasteiger charge is -2.22. The molecule has 2 aromatic carbocycles. The van der Waals surface area contributed by atoms with Gasteiger partial charge in [-0.3, -0.25) is 14.2 Å². The van der Waals surface area contributed by atoms with Crippen LogP contribution in [0.1, 0.15) is 33.6 Å². The van der Waals surface area contributed by atoms with Gasteiger partial charge in [-0.2, -0.15) is 0 Å². The Morgan fingerprint density at radius 2 is 1.64 bits per heavy atom. The fraction of sp³-hybridized carbons (Fsp3) is 0.308. The van der Waals surface area contributed by atoms with E-state index in [1.165, 1.54) is 11.7 Å². The third kappa shape index (κ3) is 7.12. The summed E-state index contributed by atoms with van der Waals surface area (Å²) >= 11 is 0. The van der Waals surface area contributed by atoms with Gasteiger partial charge in [-0.25, -0.2) is 0 Å². The van der Waals surface area contributed by atoms with Gasteiger partial charge < -0.3 is 19.3 Å². The Morgan fingerprint density at radius 1 is 0.939 bits per heavy atom. The van der Waals surface area contributed by atoms with Crippen LogP contribution in [0.4, 0.5) is 0 Å². The fourth-order valence-electron chi connectivity index (χ4n) is 3.51. The van der Waals surface area contributed by atoms with Gasteiger partial charge in [-0.1, -0.05) is 42.5 Å². The Balaban J connectivity index is 1.59. The van der Waals surface area contributed by atoms with Crippen LogP contribution in [0.25, 0.3) is 0 Å². The summed E-state index contributed by atoms with van der Waals surface area (Å²) in [5.74, 6) is -0.954. The number of carbonyl (C=O) groups excluding carboxylic acids is 2. The Labute approximate surface area is 193 Å². The molecule has 0 radical (unpaired) electrons. The molecular formula is C26H29NO6. The molecule has 0 spiro atoms. The van der Waals surface area contributed by atoms with Crippen LogP contribution < -0.4 is 4.74 Å². The number of ketones is 1. The van der Waals surface area contributed by atoms with E-state index >= 15 is 0 Å². The third-order valence-electron chi connectivity index (χ3n) is 5.33. The molecule has 33 heavy (non-hydrogen) atoms. The van der Waals surface area contributed by atoms with Crippen molar-refractivity contribution in [2.45, 2.75) is 25.6 Å². The third-order valence-corrected chi connectivity index (χ3v) is 5.33. The molecule has 0 aliphatic carbocycles. The second-order valence-electron chi connectivity index (χ2n) is 7.61. The van der Waals surface area contributed by atoms with Crippen LogP contribution in [0.3, 0.4) is 0 Å². The van der Waals surface area contributed by atoms with E-state index in [0.717, 1.165) is 5.56 Å². The van der Waals surface area contributed by atoms with Crippen LogP contribution in [0.5, 0.6) is 5.75 Å². The average molecular weight is 452 g/mol. The van der Waals surface area contributed by atoms with Crippen molar-refractivity contribution in [3.8, 4) is 5.75 Å². The molecule has 1 heterocycles. The number of aliphatic hydroxyl groups is 1. The maximum absolute atomic E-state index is 13.0. The molecule has 1 N–H and O–H groups in total. The van der Waals surface area contributed by atoms with Crippen molar-refractivity contribution in [2.75, 3.05) is 20.5 Å². The van der Waals surface area contributed by atoms with Gasteiger partial charge in [0, 0.05) is 31.3 Å². The van der Waals surface area contributed by atoms with Crippen molar-refractivity contribution in [3.05, 3.63) is 90.3 Å². The van der Waals surface area contributed by atoms with E-state index in [4.69, 9.17) is 14.2 Å². The van der Waals surface area contributed by atoms with E-state index in [2.05, 4.69) is 0 Å². The molecule has 0 aliphatic rings. The van der Waals surface area contributed by atoms with E-state index in [9.17, 15) is 14.7 Å².